The van der Waals surface area contributed by atoms with Crippen molar-refractivity contribution in [2.24, 2.45) is 0 Å². The number of benzene rings is 1. The lowest BCUT2D eigenvalue weighted by molar-refractivity contribution is -0.0967. The van der Waals surface area contributed by atoms with E-state index in [0.29, 0.717) is 0 Å². The lowest BCUT2D eigenvalue weighted by Crippen LogP contribution is -2.44. The van der Waals surface area contributed by atoms with Crippen molar-refractivity contribution in [2.75, 3.05) is 12.3 Å². The van der Waals surface area contributed by atoms with Crippen molar-refractivity contribution in [3.05, 3.63) is 48.1 Å². The molecular weight excluding hydrogens is 515 g/mol. The number of anilines is 1. The lowest BCUT2D eigenvalue weighted by Gasteiger charge is -2.39. The predicted molar refractivity (Wildman–Crippen MR) is 124 cm³/mol. The quantitative estimate of drug-likeness (QED) is 0.407. The van der Waals surface area contributed by atoms with Gasteiger partial charge >= 0.3 is 7.82 Å². The molecule has 2 unspecified atom stereocenters. The second kappa shape index (κ2) is 9.02. The Kier molecular flexibility index (Phi) is 6.35. The third-order valence-electron chi connectivity index (χ3n) is 6.41. The highest BCUT2D eigenvalue weighted by Crippen LogP contribution is 2.62. The first-order valence-electron chi connectivity index (χ1n) is 11.4. The number of aliphatic hydroxyl groups is 2. The number of phosphoric acid groups is 1. The van der Waals surface area contributed by atoms with Crippen LogP contribution in [0, 0.1) is 11.6 Å². The Balaban J connectivity index is 1.36. The van der Waals surface area contributed by atoms with Crippen LogP contribution in [0.4, 0.5) is 14.6 Å². The molecule has 5 rings (SSSR count). The van der Waals surface area contributed by atoms with E-state index in [9.17, 15) is 23.6 Å². The molecule has 0 saturated carbocycles. The summed E-state index contributed by atoms with van der Waals surface area (Å²) in [4.78, 5) is 12.1. The number of phosphoric ester groups is 1. The molecule has 6 atom stereocenters. The van der Waals surface area contributed by atoms with Gasteiger partial charge in [-0.1, -0.05) is 12.1 Å². The molecule has 4 N–H and O–H groups in total. The fourth-order valence-corrected chi connectivity index (χ4v) is 6.24. The van der Waals surface area contributed by atoms with Crippen LogP contribution in [0.5, 0.6) is 0 Å². The third-order valence-corrected chi connectivity index (χ3v) is 8.11. The Morgan fingerprint density at radius 3 is 2.78 bits per heavy atom. The fourth-order valence-electron chi connectivity index (χ4n) is 4.58. The Morgan fingerprint density at radius 2 is 2.03 bits per heavy atom. The Hall–Kier alpha value is -2.58. The Morgan fingerprint density at radius 1 is 1.27 bits per heavy atom. The molecule has 1 aromatic carbocycles. The minimum atomic E-state index is -4.36. The number of nitrogens with two attached hydrogens (primary N) is 1. The number of aliphatic hydroxyl groups excluding tert-OH is 1. The number of halogens is 2. The number of nitrogen functional groups attached to an aromatic ring is 1. The number of fused-ring (bicyclic) bond motifs is 1. The molecule has 0 spiro atoms. The van der Waals surface area contributed by atoms with E-state index >= 15 is 0 Å². The lowest BCUT2D eigenvalue weighted by atomic mass is 9.96. The number of hydrogen-bond acceptors (Lipinski definition) is 11. The molecule has 2 aliphatic rings. The van der Waals surface area contributed by atoms with Crippen LogP contribution < -0.4 is 5.73 Å². The summed E-state index contributed by atoms with van der Waals surface area (Å²) < 4.78 is 65.5. The van der Waals surface area contributed by atoms with Crippen molar-refractivity contribution in [3.63, 3.8) is 0 Å². The van der Waals surface area contributed by atoms with Crippen molar-refractivity contribution in [3.8, 4) is 0 Å². The van der Waals surface area contributed by atoms with E-state index in [-0.39, 0.29) is 29.0 Å². The summed E-state index contributed by atoms with van der Waals surface area (Å²) in [6.07, 6.45) is -2.37. The molecule has 0 radical (unpaired) electrons. The SMILES string of the molecule is CC1(C)CC(c2cccc(F)c2F)OP(=O)(OC[C@H]2O[C@@H](n3cnc4c(N)ncnc43)[C@](C)(O)[C@@H]2O)O1. The first kappa shape index (κ1) is 26.0. The van der Waals surface area contributed by atoms with Gasteiger partial charge < -0.3 is 20.7 Å². The average Bonchev–Trinajstić information content (AvgIpc) is 3.33. The van der Waals surface area contributed by atoms with Gasteiger partial charge in [0.1, 0.15) is 35.8 Å². The molecule has 0 amide bonds. The highest BCUT2D eigenvalue weighted by Gasteiger charge is 2.55. The van der Waals surface area contributed by atoms with Gasteiger partial charge in [-0.2, -0.15) is 0 Å². The average molecular weight is 541 g/mol. The van der Waals surface area contributed by atoms with Crippen LogP contribution in [0.25, 0.3) is 11.2 Å². The predicted octanol–water partition coefficient (Wildman–Crippen LogP) is 2.78. The van der Waals surface area contributed by atoms with Crippen molar-refractivity contribution < 1.29 is 41.9 Å². The summed E-state index contributed by atoms with van der Waals surface area (Å²) in [5, 5.41) is 21.9. The number of imidazole rings is 1. The standard InChI is InChI=1S/C22H26F2N5O7P/c1-21(2)7-13(11-5-4-6-12(23)15(11)24)35-37(32,36-21)33-8-14-17(30)22(3,31)20(34-14)29-10-28-16-18(25)26-9-27-19(16)29/h4-6,9-10,13-14,17,20,30-31H,7-8H2,1-3H3,(H2,25,26,27)/t13?,14-,17-,20-,22-,37?/m1/s1. The van der Waals surface area contributed by atoms with Crippen molar-refractivity contribution in [1.29, 1.82) is 0 Å². The number of nitrogens with zero attached hydrogens (tertiary/aromatic N) is 4. The normalized spacial score (nSPS) is 33.7. The first-order chi connectivity index (χ1) is 17.3. The number of hydrogen-bond donors (Lipinski definition) is 3. The molecule has 2 aliphatic heterocycles. The summed E-state index contributed by atoms with van der Waals surface area (Å²) in [6, 6.07) is 3.60. The topological polar surface area (TPSA) is 164 Å². The minimum absolute atomic E-state index is 0.0682. The van der Waals surface area contributed by atoms with Gasteiger partial charge in [-0.3, -0.25) is 18.1 Å². The van der Waals surface area contributed by atoms with Gasteiger partial charge in [-0.15, -0.1) is 0 Å². The Bertz CT molecular complexity index is 1390. The zero-order valence-electron chi connectivity index (χ0n) is 20.1. The molecule has 37 heavy (non-hydrogen) atoms. The van der Waals surface area contributed by atoms with Gasteiger partial charge in [0.15, 0.2) is 29.3 Å². The van der Waals surface area contributed by atoms with E-state index in [1.54, 1.807) is 13.8 Å². The molecule has 2 saturated heterocycles. The van der Waals surface area contributed by atoms with Crippen LogP contribution in [-0.4, -0.2) is 59.7 Å². The van der Waals surface area contributed by atoms with Crippen molar-refractivity contribution in [2.45, 2.75) is 62.9 Å². The molecule has 0 aliphatic carbocycles. The summed E-state index contributed by atoms with van der Waals surface area (Å²) in [5.74, 6) is -2.07. The van der Waals surface area contributed by atoms with E-state index in [0.717, 1.165) is 6.07 Å². The van der Waals surface area contributed by atoms with E-state index in [1.807, 2.05) is 0 Å². The Labute approximate surface area is 210 Å². The van der Waals surface area contributed by atoms with E-state index in [4.69, 9.17) is 24.0 Å². The van der Waals surface area contributed by atoms with Gasteiger partial charge in [0.25, 0.3) is 0 Å². The summed E-state index contributed by atoms with van der Waals surface area (Å²) in [7, 11) is -4.36. The molecule has 0 bridgehead atoms. The maximum absolute atomic E-state index is 14.4. The van der Waals surface area contributed by atoms with Gasteiger partial charge in [-0.25, -0.2) is 28.3 Å². The first-order valence-corrected chi connectivity index (χ1v) is 12.8. The molecule has 2 aromatic heterocycles. The van der Waals surface area contributed by atoms with Crippen LogP contribution >= 0.6 is 7.82 Å². The fraction of sp³-hybridized carbons (Fsp3) is 0.500. The van der Waals surface area contributed by atoms with E-state index in [2.05, 4.69) is 15.0 Å². The zero-order valence-corrected chi connectivity index (χ0v) is 21.0. The van der Waals surface area contributed by atoms with Crippen LogP contribution in [-0.2, 0) is 22.9 Å². The summed E-state index contributed by atoms with van der Waals surface area (Å²) in [6.45, 7) is 4.04. The number of aromatic nitrogens is 4. The van der Waals surface area contributed by atoms with Gasteiger partial charge in [-0.05, 0) is 26.8 Å². The van der Waals surface area contributed by atoms with Gasteiger partial charge in [0.05, 0.1) is 18.5 Å². The molecule has 12 nitrogen and oxygen atoms in total. The molecule has 15 heteroatoms. The third kappa shape index (κ3) is 4.63. The van der Waals surface area contributed by atoms with Crippen LogP contribution in [0.2, 0.25) is 0 Å². The number of ether oxygens (including phenoxy) is 1. The summed E-state index contributed by atoms with van der Waals surface area (Å²) in [5.41, 5.74) is 3.30. The second-order valence-corrected chi connectivity index (χ2v) is 11.4. The van der Waals surface area contributed by atoms with Crippen molar-refractivity contribution in [1.82, 2.24) is 19.5 Å². The van der Waals surface area contributed by atoms with Crippen LogP contribution in [0.1, 0.15) is 45.1 Å². The minimum Gasteiger partial charge on any atom is -0.387 e. The molecule has 4 heterocycles. The second-order valence-electron chi connectivity index (χ2n) is 9.82. The largest absolute Gasteiger partial charge is 0.476 e. The van der Waals surface area contributed by atoms with Crippen molar-refractivity contribution >= 4 is 24.8 Å². The van der Waals surface area contributed by atoms with Crippen LogP contribution in [0.15, 0.2) is 30.9 Å². The number of rotatable bonds is 5. The van der Waals surface area contributed by atoms with E-state index in [1.165, 1.54) is 36.3 Å². The monoisotopic (exact) mass is 541 g/mol. The summed E-state index contributed by atoms with van der Waals surface area (Å²) >= 11 is 0. The van der Waals surface area contributed by atoms with E-state index < -0.39 is 61.8 Å². The molecule has 3 aromatic rings. The van der Waals surface area contributed by atoms with Gasteiger partial charge in [0.2, 0.25) is 0 Å². The maximum Gasteiger partial charge on any atom is 0.476 e. The highest BCUT2D eigenvalue weighted by molar-refractivity contribution is 7.48. The maximum atomic E-state index is 14.4. The molecule has 2 fully saturated rings. The molecule has 200 valence electrons. The van der Waals surface area contributed by atoms with Crippen LogP contribution in [0.3, 0.4) is 0 Å². The van der Waals surface area contributed by atoms with Gasteiger partial charge in [0, 0.05) is 12.0 Å². The zero-order chi connectivity index (χ0) is 26.8. The smallest absolute Gasteiger partial charge is 0.387 e. The highest BCUT2D eigenvalue weighted by atomic mass is 31.2. The molecular formula is C22H26F2N5O7P.